The summed E-state index contributed by atoms with van der Waals surface area (Å²) in [5, 5.41) is 2.90. The van der Waals surface area contributed by atoms with Crippen molar-refractivity contribution in [2.75, 3.05) is 13.1 Å². The van der Waals surface area contributed by atoms with E-state index in [-0.39, 0.29) is 28.5 Å². The Kier molecular flexibility index (Phi) is 3.75. The number of rotatable bonds is 2. The second-order valence-corrected chi connectivity index (χ2v) is 6.81. The highest BCUT2D eigenvalue weighted by Gasteiger charge is 2.49. The van der Waals surface area contributed by atoms with Gasteiger partial charge in [-0.1, -0.05) is 12.1 Å². The summed E-state index contributed by atoms with van der Waals surface area (Å²) in [5.41, 5.74) is -0.0231. The second-order valence-electron chi connectivity index (χ2n) is 6.81. The summed E-state index contributed by atoms with van der Waals surface area (Å²) >= 11 is 0. The van der Waals surface area contributed by atoms with E-state index in [1.165, 1.54) is 24.3 Å². The number of carbonyl (C=O) groups is 2. The van der Waals surface area contributed by atoms with Gasteiger partial charge in [0.25, 0.3) is 5.91 Å². The predicted octanol–water partition coefficient (Wildman–Crippen LogP) is 2.88. The standard InChI is InChI=1S/C19H15F3N2O2/c20-13-7-14(21)17(15(22)8-13)11-1-3-12(4-2-11)18(26)24-9-19(10-24)6-5-16(25)23-19/h1-4,7-8H,5-6,9-10H2,(H,23,25). The molecule has 2 aromatic rings. The van der Waals surface area contributed by atoms with Crippen molar-refractivity contribution in [1.82, 2.24) is 10.2 Å². The van der Waals surface area contributed by atoms with E-state index in [0.717, 1.165) is 6.42 Å². The molecule has 2 aliphatic rings. The summed E-state index contributed by atoms with van der Waals surface area (Å²) < 4.78 is 40.7. The number of hydrogen-bond acceptors (Lipinski definition) is 2. The van der Waals surface area contributed by atoms with Gasteiger partial charge in [-0.2, -0.15) is 0 Å². The molecule has 0 atom stereocenters. The fourth-order valence-corrected chi connectivity index (χ4v) is 3.62. The number of halogens is 3. The van der Waals surface area contributed by atoms with Crippen LogP contribution in [0.5, 0.6) is 0 Å². The first-order chi connectivity index (χ1) is 12.4. The maximum Gasteiger partial charge on any atom is 0.254 e. The van der Waals surface area contributed by atoms with Gasteiger partial charge >= 0.3 is 0 Å². The summed E-state index contributed by atoms with van der Waals surface area (Å²) in [6, 6.07) is 7.06. The summed E-state index contributed by atoms with van der Waals surface area (Å²) in [4.78, 5) is 25.5. The van der Waals surface area contributed by atoms with E-state index >= 15 is 0 Å². The normalized spacial score (nSPS) is 18.0. The molecule has 2 heterocycles. The van der Waals surface area contributed by atoms with E-state index in [4.69, 9.17) is 0 Å². The molecule has 134 valence electrons. The number of amides is 2. The van der Waals surface area contributed by atoms with Crippen LogP contribution in [0.4, 0.5) is 13.2 Å². The number of benzene rings is 2. The van der Waals surface area contributed by atoms with Gasteiger partial charge in [-0.3, -0.25) is 9.59 Å². The first kappa shape index (κ1) is 16.6. The van der Waals surface area contributed by atoms with Crippen LogP contribution >= 0.6 is 0 Å². The van der Waals surface area contributed by atoms with Crippen molar-refractivity contribution in [1.29, 1.82) is 0 Å². The molecule has 0 bridgehead atoms. The van der Waals surface area contributed by atoms with Crippen LogP contribution in [0.2, 0.25) is 0 Å². The number of nitrogens with zero attached hydrogens (tertiary/aromatic N) is 1. The third-order valence-corrected chi connectivity index (χ3v) is 4.94. The van der Waals surface area contributed by atoms with E-state index in [0.29, 0.717) is 37.2 Å². The molecule has 4 nitrogen and oxygen atoms in total. The van der Waals surface area contributed by atoms with Gasteiger partial charge in [0, 0.05) is 37.2 Å². The molecule has 1 spiro atoms. The molecule has 4 rings (SSSR count). The summed E-state index contributed by atoms with van der Waals surface area (Å²) in [6.45, 7) is 0.918. The minimum Gasteiger partial charge on any atom is -0.347 e. The zero-order valence-corrected chi connectivity index (χ0v) is 13.7. The summed E-state index contributed by atoms with van der Waals surface area (Å²) in [5.74, 6) is -3.18. The molecule has 1 N–H and O–H groups in total. The quantitative estimate of drug-likeness (QED) is 0.895. The van der Waals surface area contributed by atoms with Crippen molar-refractivity contribution >= 4 is 11.8 Å². The van der Waals surface area contributed by atoms with Gasteiger partial charge in [0.2, 0.25) is 5.91 Å². The number of nitrogens with one attached hydrogen (secondary N) is 1. The Labute approximate surface area is 147 Å². The van der Waals surface area contributed by atoms with E-state index < -0.39 is 17.5 Å². The molecule has 0 radical (unpaired) electrons. The summed E-state index contributed by atoms with van der Waals surface area (Å²) in [7, 11) is 0. The van der Waals surface area contributed by atoms with Gasteiger partial charge in [0.1, 0.15) is 17.5 Å². The van der Waals surface area contributed by atoms with Gasteiger partial charge in [0.15, 0.2) is 0 Å². The number of hydrogen-bond donors (Lipinski definition) is 1. The van der Waals surface area contributed by atoms with Crippen molar-refractivity contribution in [3.8, 4) is 11.1 Å². The Morgan fingerprint density at radius 2 is 1.65 bits per heavy atom. The Bertz CT molecular complexity index is 882. The minimum absolute atomic E-state index is 0.00445. The maximum absolute atomic E-state index is 13.9. The Balaban J connectivity index is 1.50. The molecular formula is C19H15F3N2O2. The molecule has 0 aromatic heterocycles. The Morgan fingerprint density at radius 1 is 1.04 bits per heavy atom. The molecule has 26 heavy (non-hydrogen) atoms. The van der Waals surface area contributed by atoms with Crippen LogP contribution in [0.1, 0.15) is 23.2 Å². The lowest BCUT2D eigenvalue weighted by Gasteiger charge is -2.47. The fourth-order valence-electron chi connectivity index (χ4n) is 3.62. The van der Waals surface area contributed by atoms with Crippen LogP contribution in [-0.4, -0.2) is 35.3 Å². The highest BCUT2D eigenvalue weighted by Crippen LogP contribution is 2.32. The van der Waals surface area contributed by atoms with Crippen molar-refractivity contribution in [3.63, 3.8) is 0 Å². The zero-order chi connectivity index (χ0) is 18.5. The van der Waals surface area contributed by atoms with Crippen LogP contribution in [-0.2, 0) is 4.79 Å². The maximum atomic E-state index is 13.9. The molecule has 0 aliphatic carbocycles. The summed E-state index contributed by atoms with van der Waals surface area (Å²) in [6.07, 6.45) is 1.20. The van der Waals surface area contributed by atoms with Gasteiger partial charge in [-0.25, -0.2) is 13.2 Å². The SMILES string of the molecule is O=C1CCC2(CN(C(=O)c3ccc(-c4c(F)cc(F)cc4F)cc3)C2)N1. The van der Waals surface area contributed by atoms with Crippen molar-refractivity contribution in [2.24, 2.45) is 0 Å². The third-order valence-electron chi connectivity index (χ3n) is 4.94. The topological polar surface area (TPSA) is 49.4 Å². The van der Waals surface area contributed by atoms with Crippen LogP contribution in [0.15, 0.2) is 36.4 Å². The lowest BCUT2D eigenvalue weighted by molar-refractivity contribution is -0.120. The first-order valence-corrected chi connectivity index (χ1v) is 8.22. The van der Waals surface area contributed by atoms with Crippen LogP contribution in [0, 0.1) is 17.5 Å². The van der Waals surface area contributed by atoms with Crippen LogP contribution < -0.4 is 5.32 Å². The van der Waals surface area contributed by atoms with E-state index in [9.17, 15) is 22.8 Å². The lowest BCUT2D eigenvalue weighted by atomic mass is 9.87. The molecule has 0 unspecified atom stereocenters. The van der Waals surface area contributed by atoms with Crippen molar-refractivity contribution in [3.05, 3.63) is 59.4 Å². The van der Waals surface area contributed by atoms with Gasteiger partial charge in [-0.15, -0.1) is 0 Å². The van der Waals surface area contributed by atoms with Gasteiger partial charge in [0.05, 0.1) is 11.1 Å². The largest absolute Gasteiger partial charge is 0.347 e. The molecule has 2 amide bonds. The predicted molar refractivity (Wildman–Crippen MR) is 87.8 cm³/mol. The first-order valence-electron chi connectivity index (χ1n) is 8.22. The molecular weight excluding hydrogens is 345 g/mol. The molecule has 2 saturated heterocycles. The van der Waals surface area contributed by atoms with Crippen LogP contribution in [0.3, 0.4) is 0 Å². The van der Waals surface area contributed by atoms with E-state index in [1.807, 2.05) is 0 Å². The Hall–Kier alpha value is -2.83. The third kappa shape index (κ3) is 2.73. The van der Waals surface area contributed by atoms with Gasteiger partial charge in [-0.05, 0) is 24.1 Å². The van der Waals surface area contributed by atoms with E-state index in [2.05, 4.69) is 5.32 Å². The number of likely N-dealkylation sites (tertiary alicyclic amines) is 1. The van der Waals surface area contributed by atoms with Crippen LogP contribution in [0.25, 0.3) is 11.1 Å². The second kappa shape index (κ2) is 5.86. The molecule has 2 aromatic carbocycles. The molecule has 2 fully saturated rings. The smallest absolute Gasteiger partial charge is 0.254 e. The zero-order valence-electron chi connectivity index (χ0n) is 13.7. The average molecular weight is 360 g/mol. The Morgan fingerprint density at radius 3 is 2.19 bits per heavy atom. The minimum atomic E-state index is -0.997. The highest BCUT2D eigenvalue weighted by atomic mass is 19.1. The van der Waals surface area contributed by atoms with Crippen molar-refractivity contribution in [2.45, 2.75) is 18.4 Å². The average Bonchev–Trinajstić information content (AvgIpc) is 2.95. The fraction of sp³-hybridized carbons (Fsp3) is 0.263. The monoisotopic (exact) mass is 360 g/mol. The molecule has 2 aliphatic heterocycles. The molecule has 7 heteroatoms. The van der Waals surface area contributed by atoms with E-state index in [1.54, 1.807) is 4.90 Å². The highest BCUT2D eigenvalue weighted by molar-refractivity contribution is 5.96. The van der Waals surface area contributed by atoms with Gasteiger partial charge < -0.3 is 10.2 Å². The molecule has 0 saturated carbocycles. The lowest BCUT2D eigenvalue weighted by Crippen LogP contribution is -2.68. The van der Waals surface area contributed by atoms with Crippen molar-refractivity contribution < 1.29 is 22.8 Å². The number of carbonyl (C=O) groups excluding carboxylic acids is 2.